The molecule has 16 heteroatoms. The van der Waals surface area contributed by atoms with E-state index in [4.69, 9.17) is 59.1 Å². The molecule has 4 aromatic rings. The largest absolute Gasteiger partial charge is 1.00 e. The van der Waals surface area contributed by atoms with E-state index in [1.165, 1.54) is 64.3 Å². The number of hydrogen-bond donors (Lipinski definition) is 0. The van der Waals surface area contributed by atoms with Crippen LogP contribution in [0.25, 0.3) is 11.1 Å². The molecule has 0 amide bonds. The first kappa shape index (κ1) is 62.7. The SMILES string of the molecule is CN1CCC(=C2c3ccc(Cl)cc3COc3ccccc32)CC1.COC(=O)C(C)(C)CCCl.COC(=O)C(C)(C)CCN1CCC(=C2c3ccc(Cl)cc3COc3ccccc32)CC1.O=CO[O-].[H-].[K+].[K+]. The minimum absolute atomic E-state index is 0. The van der Waals surface area contributed by atoms with Crippen LogP contribution in [0.3, 0.4) is 0 Å². The smallest absolute Gasteiger partial charge is 1.00 e. The Morgan fingerprint density at radius 3 is 1.47 bits per heavy atom. The first-order chi connectivity index (χ1) is 32.6. The van der Waals surface area contributed by atoms with Crippen LogP contribution in [0.15, 0.2) is 96.1 Å². The zero-order valence-electron chi connectivity index (χ0n) is 43.3. The van der Waals surface area contributed by atoms with Crippen molar-refractivity contribution in [2.24, 2.45) is 10.8 Å². The third-order valence-corrected chi connectivity index (χ3v) is 13.5. The van der Waals surface area contributed by atoms with Crippen molar-refractivity contribution in [3.05, 3.63) is 140 Å². The van der Waals surface area contributed by atoms with Crippen LogP contribution in [0.4, 0.5) is 0 Å². The zero-order chi connectivity index (χ0) is 49.4. The summed E-state index contributed by atoms with van der Waals surface area (Å²) in [6.07, 6.45) is 5.68. The number of methoxy groups -OCH3 is 2. The fourth-order valence-corrected chi connectivity index (χ4v) is 9.54. The quantitative estimate of drug-likeness (QED) is 0.0601. The van der Waals surface area contributed by atoms with Gasteiger partial charge in [0.1, 0.15) is 24.7 Å². The van der Waals surface area contributed by atoms with Crippen molar-refractivity contribution >= 4 is 64.4 Å². The van der Waals surface area contributed by atoms with Gasteiger partial charge in [-0.3, -0.25) is 14.4 Å². The van der Waals surface area contributed by atoms with E-state index in [9.17, 15) is 9.59 Å². The summed E-state index contributed by atoms with van der Waals surface area (Å²) >= 11 is 18.0. The molecule has 4 aliphatic rings. The van der Waals surface area contributed by atoms with Crippen LogP contribution < -0.4 is 118 Å². The third kappa shape index (κ3) is 17.5. The number of likely N-dealkylation sites (tertiary alicyclic amines) is 2. The van der Waals surface area contributed by atoms with Crippen molar-refractivity contribution in [1.82, 2.24) is 9.80 Å². The summed E-state index contributed by atoms with van der Waals surface area (Å²) in [5, 5.41) is 9.94. The van der Waals surface area contributed by atoms with Crippen LogP contribution in [0.1, 0.15) is 101 Å². The molecular formula is C54H65Cl3K2N2O9. The molecule has 0 bridgehead atoms. The van der Waals surface area contributed by atoms with Gasteiger partial charge < -0.3 is 40.3 Å². The number of piperidine rings is 2. The van der Waals surface area contributed by atoms with Gasteiger partial charge in [-0.05, 0) is 150 Å². The summed E-state index contributed by atoms with van der Waals surface area (Å²) in [7, 11) is 5.04. The maximum Gasteiger partial charge on any atom is 1.00 e. The number of hydrogen-bond acceptors (Lipinski definition) is 11. The van der Waals surface area contributed by atoms with Crippen molar-refractivity contribution in [3.8, 4) is 11.5 Å². The van der Waals surface area contributed by atoms with Crippen LogP contribution in [-0.4, -0.2) is 88.1 Å². The molecule has 0 aliphatic carbocycles. The number of nitrogens with zero attached hydrogens (tertiary/aromatic N) is 2. The van der Waals surface area contributed by atoms with Gasteiger partial charge in [-0.2, -0.15) is 0 Å². The van der Waals surface area contributed by atoms with Gasteiger partial charge in [-0.1, -0.05) is 82.9 Å². The normalized spacial score (nSPS) is 15.2. The number of carbonyl (C=O) groups excluding carboxylic acids is 3. The predicted octanol–water partition coefficient (Wildman–Crippen LogP) is 4.85. The Labute approximate surface area is 516 Å². The zero-order valence-corrected chi connectivity index (χ0v) is 50.8. The fraction of sp³-hybridized carbons (Fsp3) is 0.426. The van der Waals surface area contributed by atoms with Crippen molar-refractivity contribution < 1.29 is 148 Å². The van der Waals surface area contributed by atoms with E-state index in [2.05, 4.69) is 68.9 Å². The molecule has 0 radical (unpaired) electrons. The summed E-state index contributed by atoms with van der Waals surface area (Å²) in [4.78, 5) is 39.0. The Balaban J connectivity index is 0.000000380. The van der Waals surface area contributed by atoms with Gasteiger partial charge >= 0.3 is 115 Å². The standard InChI is InChI=1S/C26H30ClNO3.C20H20ClNO.C7H13ClO2.CH2O3.2K.H/c1-26(2,25(29)30-3)12-15-28-13-10-18(11-14-28)24-21-9-8-20(27)16-19(21)17-31-23-7-5-4-6-22(23)24;1-22-10-8-14(9-11-22)20-17-7-6-16(21)12-15(17)13-23-19-5-3-2-4-18(19)20;1-7(2,4-5-8)6(9)10-3;2-1-4-3;;;/h4-9,16H,10-15,17H2,1-3H3;2-7,12H,8-11,13H2,1H3;4-5H2,1-3H3;1,3H;;;/q;;;;2*+1;-1/p-1. The Kier molecular flexibility index (Phi) is 27.5. The van der Waals surface area contributed by atoms with Crippen molar-refractivity contribution in [2.75, 3.05) is 59.9 Å². The number of benzene rings is 4. The molecule has 0 atom stereocenters. The average molecular weight is 1070 g/mol. The van der Waals surface area contributed by atoms with Crippen LogP contribution >= 0.6 is 34.8 Å². The molecule has 0 saturated carbocycles. The van der Waals surface area contributed by atoms with Crippen LogP contribution in [-0.2, 0) is 42.0 Å². The molecule has 4 aromatic carbocycles. The van der Waals surface area contributed by atoms with Crippen LogP contribution in [0.2, 0.25) is 10.0 Å². The summed E-state index contributed by atoms with van der Waals surface area (Å²) in [6, 6.07) is 29.0. The molecule has 0 unspecified atom stereocenters. The third-order valence-electron chi connectivity index (χ3n) is 12.8. The number of halogens is 3. The number of fused-ring (bicyclic) bond motifs is 4. The minimum atomic E-state index is -0.455. The van der Waals surface area contributed by atoms with Gasteiger partial charge in [0.15, 0.2) is 0 Å². The second-order valence-electron chi connectivity index (χ2n) is 18.4. The minimum Gasteiger partial charge on any atom is -1.00 e. The van der Waals surface area contributed by atoms with E-state index in [0.717, 1.165) is 91.9 Å². The molecule has 0 N–H and O–H groups in total. The molecule has 368 valence electrons. The number of ether oxygens (including phenoxy) is 4. The first-order valence-electron chi connectivity index (χ1n) is 22.9. The second-order valence-corrected chi connectivity index (χ2v) is 19.7. The monoisotopic (exact) mass is 1070 g/mol. The Hall–Kier alpha value is -1.61. The van der Waals surface area contributed by atoms with E-state index in [0.29, 0.717) is 25.5 Å². The Bertz CT molecular complexity index is 2430. The Morgan fingerprint density at radius 2 is 1.07 bits per heavy atom. The van der Waals surface area contributed by atoms with Gasteiger partial charge in [-0.15, -0.1) is 11.6 Å². The van der Waals surface area contributed by atoms with E-state index >= 15 is 0 Å². The maximum absolute atomic E-state index is 12.0. The molecule has 2 saturated heterocycles. The number of esters is 2. The molecule has 11 nitrogen and oxygen atoms in total. The molecular weight excluding hydrogens is 1010 g/mol. The molecule has 0 aromatic heterocycles. The molecule has 4 aliphatic heterocycles. The van der Waals surface area contributed by atoms with E-state index in [1.54, 1.807) is 0 Å². The number of para-hydroxylation sites is 2. The van der Waals surface area contributed by atoms with Gasteiger partial charge in [0.2, 0.25) is 0 Å². The van der Waals surface area contributed by atoms with E-state index in [1.807, 2.05) is 70.2 Å². The van der Waals surface area contributed by atoms with E-state index < -0.39 is 10.8 Å². The number of rotatable bonds is 8. The van der Waals surface area contributed by atoms with Gasteiger partial charge in [0.25, 0.3) is 6.47 Å². The molecule has 4 heterocycles. The topological polar surface area (TPSA) is 127 Å². The summed E-state index contributed by atoms with van der Waals surface area (Å²) < 4.78 is 21.7. The number of alkyl halides is 1. The van der Waals surface area contributed by atoms with Gasteiger partial charge in [0, 0.05) is 53.2 Å². The molecule has 0 spiro atoms. The Morgan fingerprint density at radius 1 is 0.671 bits per heavy atom. The number of carbonyl (C=O) groups is 3. The van der Waals surface area contributed by atoms with Gasteiger partial charge in [0.05, 0.1) is 25.0 Å². The fourth-order valence-electron chi connectivity index (χ4n) is 8.68. The predicted molar refractivity (Wildman–Crippen MR) is 269 cm³/mol. The second kappa shape index (κ2) is 30.7. The van der Waals surface area contributed by atoms with Crippen LogP contribution in [0.5, 0.6) is 11.5 Å². The summed E-state index contributed by atoms with van der Waals surface area (Å²) in [5.74, 6) is 2.05. The van der Waals surface area contributed by atoms with E-state index in [-0.39, 0.29) is 123 Å². The summed E-state index contributed by atoms with van der Waals surface area (Å²) in [6.45, 7) is 13.6. The van der Waals surface area contributed by atoms with Gasteiger partial charge in [-0.25, -0.2) is 0 Å². The van der Waals surface area contributed by atoms with Crippen molar-refractivity contribution in [1.29, 1.82) is 0 Å². The first-order valence-corrected chi connectivity index (χ1v) is 24.2. The van der Waals surface area contributed by atoms with Crippen LogP contribution in [0, 0.1) is 10.8 Å². The van der Waals surface area contributed by atoms with Crippen molar-refractivity contribution in [2.45, 2.75) is 79.4 Å². The molecule has 70 heavy (non-hydrogen) atoms. The summed E-state index contributed by atoms with van der Waals surface area (Å²) in [5.41, 5.74) is 12.0. The maximum atomic E-state index is 12.0. The molecule has 8 rings (SSSR count). The van der Waals surface area contributed by atoms with Crippen molar-refractivity contribution in [3.63, 3.8) is 0 Å². The molecule has 2 fully saturated rings. The average Bonchev–Trinajstić information content (AvgIpc) is 3.61.